The molecule has 3 heterocycles. The molecule has 1 aliphatic rings. The third-order valence-electron chi connectivity index (χ3n) is 6.14. The largest absolute Gasteiger partial charge is 0.361 e. The van der Waals surface area contributed by atoms with Crippen LogP contribution >= 0.6 is 0 Å². The van der Waals surface area contributed by atoms with Crippen LogP contribution in [-0.4, -0.2) is 38.7 Å². The Balaban J connectivity index is 1.28. The van der Waals surface area contributed by atoms with E-state index in [-0.39, 0.29) is 17.5 Å². The number of aromatic nitrogens is 3. The monoisotopic (exact) mass is 449 g/mol. The lowest BCUT2D eigenvalue weighted by Crippen LogP contribution is -2.41. The van der Waals surface area contributed by atoms with Gasteiger partial charge in [-0.1, -0.05) is 12.1 Å². The molecule has 0 spiro atoms. The third kappa shape index (κ3) is 4.52. The highest BCUT2D eigenvalue weighted by Gasteiger charge is 2.33. The number of aryl methyl sites for hydroxylation is 1. The summed E-state index contributed by atoms with van der Waals surface area (Å²) in [6, 6.07) is 11.2. The maximum absolute atomic E-state index is 13.6. The predicted molar refractivity (Wildman–Crippen MR) is 121 cm³/mol. The molecule has 4 aromatic rings. The number of aromatic amines is 1. The van der Waals surface area contributed by atoms with Crippen molar-refractivity contribution < 1.29 is 13.6 Å². The first kappa shape index (κ1) is 21.3. The van der Waals surface area contributed by atoms with Crippen LogP contribution in [0.15, 0.2) is 54.9 Å². The van der Waals surface area contributed by atoms with E-state index in [2.05, 4.69) is 20.3 Å². The summed E-state index contributed by atoms with van der Waals surface area (Å²) in [5.74, 6) is -1.05. The van der Waals surface area contributed by atoms with Gasteiger partial charge in [-0.15, -0.1) is 0 Å². The van der Waals surface area contributed by atoms with Gasteiger partial charge < -0.3 is 10.3 Å². The highest BCUT2D eigenvalue weighted by molar-refractivity contribution is 5.85. The molecule has 0 saturated carbocycles. The number of hydrogen-bond acceptors (Lipinski definition) is 3. The van der Waals surface area contributed by atoms with Gasteiger partial charge in [0, 0.05) is 62.1 Å². The number of carbonyl (C=O) groups is 1. The number of carbonyl (C=O) groups excluding carboxylic acids is 1. The molecule has 1 amide bonds. The second-order valence-electron chi connectivity index (χ2n) is 8.61. The molecule has 0 aliphatic carbocycles. The fraction of sp³-hybridized carbons (Fsp3) is 0.280. The Hall–Kier alpha value is -3.52. The molecular formula is C25H25F2N5O. The second-order valence-corrected chi connectivity index (χ2v) is 8.61. The van der Waals surface area contributed by atoms with Crippen molar-refractivity contribution in [2.24, 2.45) is 7.05 Å². The minimum atomic E-state index is -0.413. The summed E-state index contributed by atoms with van der Waals surface area (Å²) in [5, 5.41) is 8.40. The molecular weight excluding hydrogens is 424 g/mol. The smallest absolute Gasteiger partial charge is 0.230 e. The average Bonchev–Trinajstić information content (AvgIpc) is 3.35. The quantitative estimate of drug-likeness (QED) is 0.472. The van der Waals surface area contributed by atoms with E-state index in [0.29, 0.717) is 32.6 Å². The summed E-state index contributed by atoms with van der Waals surface area (Å²) >= 11 is 0. The Bertz CT molecular complexity index is 1310. The van der Waals surface area contributed by atoms with E-state index in [1.807, 2.05) is 25.5 Å². The molecule has 6 nitrogen and oxygen atoms in total. The van der Waals surface area contributed by atoms with Gasteiger partial charge >= 0.3 is 0 Å². The Morgan fingerprint density at radius 2 is 2.06 bits per heavy atom. The van der Waals surface area contributed by atoms with Crippen molar-refractivity contribution in [2.45, 2.75) is 25.4 Å². The van der Waals surface area contributed by atoms with E-state index in [0.717, 1.165) is 33.3 Å². The fourth-order valence-electron chi connectivity index (χ4n) is 4.64. The zero-order chi connectivity index (χ0) is 22.9. The molecule has 2 aromatic carbocycles. The summed E-state index contributed by atoms with van der Waals surface area (Å²) in [6.07, 6.45) is 4.38. The molecule has 5 rings (SSSR count). The lowest BCUT2D eigenvalue weighted by Gasteiger charge is -2.31. The summed E-state index contributed by atoms with van der Waals surface area (Å²) in [7, 11) is 1.85. The lowest BCUT2D eigenvalue weighted by atomic mass is 9.95. The number of rotatable bonds is 6. The minimum absolute atomic E-state index is 0.0927. The van der Waals surface area contributed by atoms with Crippen LogP contribution in [0.5, 0.6) is 0 Å². The number of benzene rings is 2. The van der Waals surface area contributed by atoms with E-state index in [1.165, 1.54) is 24.3 Å². The van der Waals surface area contributed by atoms with E-state index in [4.69, 9.17) is 0 Å². The van der Waals surface area contributed by atoms with Crippen LogP contribution in [0.25, 0.3) is 10.9 Å². The third-order valence-corrected chi connectivity index (χ3v) is 6.14. The second kappa shape index (κ2) is 8.78. The van der Waals surface area contributed by atoms with Crippen molar-refractivity contribution in [3.63, 3.8) is 0 Å². The van der Waals surface area contributed by atoms with Gasteiger partial charge in [0.25, 0.3) is 0 Å². The number of halogens is 2. The van der Waals surface area contributed by atoms with Gasteiger partial charge in [-0.2, -0.15) is 5.10 Å². The van der Waals surface area contributed by atoms with E-state index < -0.39 is 5.92 Å². The SMILES string of the molecule is Cn1cc2c(n1)[C@H](C(=O)NCCc1c[nH]c3ccc(F)cc13)CN(Cc1cccc(F)c1)C2. The highest BCUT2D eigenvalue weighted by atomic mass is 19.1. The van der Waals surface area contributed by atoms with Gasteiger partial charge in [0.2, 0.25) is 5.91 Å². The Morgan fingerprint density at radius 1 is 1.21 bits per heavy atom. The summed E-state index contributed by atoms with van der Waals surface area (Å²) in [6.45, 7) is 2.15. The van der Waals surface area contributed by atoms with Crippen LogP contribution in [-0.2, 0) is 31.4 Å². The first-order valence-corrected chi connectivity index (χ1v) is 11.0. The summed E-state index contributed by atoms with van der Waals surface area (Å²) in [4.78, 5) is 18.4. The molecule has 33 heavy (non-hydrogen) atoms. The maximum atomic E-state index is 13.6. The van der Waals surface area contributed by atoms with Crippen LogP contribution < -0.4 is 5.32 Å². The molecule has 170 valence electrons. The van der Waals surface area contributed by atoms with Crippen LogP contribution in [0, 0.1) is 11.6 Å². The van der Waals surface area contributed by atoms with Crippen LogP contribution in [0.3, 0.4) is 0 Å². The minimum Gasteiger partial charge on any atom is -0.361 e. The normalized spacial score (nSPS) is 16.2. The molecule has 1 atom stereocenters. The Labute approximate surface area is 190 Å². The van der Waals surface area contributed by atoms with Crippen LogP contribution in [0.1, 0.15) is 28.3 Å². The van der Waals surface area contributed by atoms with Gasteiger partial charge in [-0.05, 0) is 47.9 Å². The fourth-order valence-corrected chi connectivity index (χ4v) is 4.64. The van der Waals surface area contributed by atoms with E-state index >= 15 is 0 Å². The van der Waals surface area contributed by atoms with E-state index in [9.17, 15) is 13.6 Å². The van der Waals surface area contributed by atoms with Crippen LogP contribution in [0.2, 0.25) is 0 Å². The van der Waals surface area contributed by atoms with Gasteiger partial charge in [0.1, 0.15) is 11.6 Å². The summed E-state index contributed by atoms with van der Waals surface area (Å²) < 4.78 is 29.0. The molecule has 0 unspecified atom stereocenters. The molecule has 0 bridgehead atoms. The molecule has 0 saturated heterocycles. The predicted octanol–water partition coefficient (Wildman–Crippen LogP) is 3.64. The van der Waals surface area contributed by atoms with Crippen molar-refractivity contribution >= 4 is 16.8 Å². The van der Waals surface area contributed by atoms with Crippen molar-refractivity contribution in [1.82, 2.24) is 25.0 Å². The van der Waals surface area contributed by atoms with Gasteiger partial charge in [0.15, 0.2) is 0 Å². The van der Waals surface area contributed by atoms with E-state index in [1.54, 1.807) is 16.8 Å². The zero-order valence-electron chi connectivity index (χ0n) is 18.3. The van der Waals surface area contributed by atoms with Crippen molar-refractivity contribution in [1.29, 1.82) is 0 Å². The standard InChI is InChI=1S/C25H25F2N5O/c1-31-13-18-14-32(12-16-3-2-4-19(26)9-16)15-22(24(18)30-31)25(33)28-8-7-17-11-29-23-6-5-20(27)10-21(17)23/h2-6,9-11,13,22,29H,7-8,12,14-15H2,1H3,(H,28,33)/t22-/m1/s1. The Kier molecular flexibility index (Phi) is 5.68. The highest BCUT2D eigenvalue weighted by Crippen LogP contribution is 2.28. The van der Waals surface area contributed by atoms with Crippen LogP contribution in [0.4, 0.5) is 8.78 Å². The number of nitrogens with zero attached hydrogens (tertiary/aromatic N) is 3. The topological polar surface area (TPSA) is 66.0 Å². The molecule has 2 N–H and O–H groups in total. The lowest BCUT2D eigenvalue weighted by molar-refractivity contribution is -0.123. The maximum Gasteiger partial charge on any atom is 0.230 e. The Morgan fingerprint density at radius 3 is 2.91 bits per heavy atom. The number of nitrogens with one attached hydrogen (secondary N) is 2. The van der Waals surface area contributed by atoms with Crippen molar-refractivity contribution in [3.8, 4) is 0 Å². The summed E-state index contributed by atoms with van der Waals surface area (Å²) in [5.41, 5.74) is 4.50. The average molecular weight is 450 g/mol. The molecule has 1 aliphatic heterocycles. The van der Waals surface area contributed by atoms with Gasteiger partial charge in [-0.3, -0.25) is 14.4 Å². The molecule has 2 aromatic heterocycles. The number of fused-ring (bicyclic) bond motifs is 2. The first-order chi connectivity index (χ1) is 16.0. The first-order valence-electron chi connectivity index (χ1n) is 11.0. The van der Waals surface area contributed by atoms with Gasteiger partial charge in [0.05, 0.1) is 11.6 Å². The number of hydrogen-bond donors (Lipinski definition) is 2. The number of amides is 1. The number of H-pyrrole nitrogens is 1. The zero-order valence-corrected chi connectivity index (χ0v) is 18.3. The molecule has 8 heteroatoms. The van der Waals surface area contributed by atoms with Crippen molar-refractivity contribution in [3.05, 3.63) is 88.9 Å². The van der Waals surface area contributed by atoms with Crippen molar-refractivity contribution in [2.75, 3.05) is 13.1 Å². The molecule has 0 radical (unpaired) electrons. The van der Waals surface area contributed by atoms with Gasteiger partial charge in [-0.25, -0.2) is 8.78 Å². The molecule has 0 fully saturated rings.